The van der Waals surface area contributed by atoms with Crippen LogP contribution in [0.15, 0.2) is 48.5 Å². The van der Waals surface area contributed by atoms with Crippen molar-refractivity contribution in [2.45, 2.75) is 19.4 Å². The summed E-state index contributed by atoms with van der Waals surface area (Å²) in [5.74, 6) is -1.49. The number of carbonyl (C=O) groups is 3. The summed E-state index contributed by atoms with van der Waals surface area (Å²) in [6, 6.07) is 14.0. The number of carboxylic acid groups (broad SMARTS) is 1. The maximum atomic E-state index is 12.2. The fourth-order valence-corrected chi connectivity index (χ4v) is 2.48. The monoisotopic (exact) mass is 370 g/mol. The number of aliphatic carboxylic acids is 1. The number of amides is 2. The normalized spacial score (nSPS) is 10.3. The molecule has 3 N–H and O–H groups in total. The first-order chi connectivity index (χ1) is 13.0. The lowest BCUT2D eigenvalue weighted by molar-refractivity contribution is -0.136. The second-order valence-corrected chi connectivity index (χ2v) is 5.95. The minimum atomic E-state index is -0.971. The molecule has 2 aromatic rings. The van der Waals surface area contributed by atoms with Gasteiger partial charge >= 0.3 is 5.97 Å². The lowest BCUT2D eigenvalue weighted by Crippen LogP contribution is -2.26. The molecule has 0 aliphatic heterocycles. The maximum Gasteiger partial charge on any atom is 0.305 e. The van der Waals surface area contributed by atoms with Gasteiger partial charge in [0.25, 0.3) is 5.91 Å². The summed E-state index contributed by atoms with van der Waals surface area (Å²) in [7, 11) is 1.62. The average molecular weight is 370 g/mol. The number of hydrogen-bond acceptors (Lipinski definition) is 4. The number of rotatable bonds is 9. The largest absolute Gasteiger partial charge is 0.481 e. The Kier molecular flexibility index (Phi) is 7.51. The van der Waals surface area contributed by atoms with Gasteiger partial charge in [0.15, 0.2) is 0 Å². The fourth-order valence-electron chi connectivity index (χ4n) is 2.48. The van der Waals surface area contributed by atoms with Crippen molar-refractivity contribution in [3.63, 3.8) is 0 Å². The van der Waals surface area contributed by atoms with E-state index in [2.05, 4.69) is 10.6 Å². The Morgan fingerprint density at radius 1 is 1.04 bits per heavy atom. The number of benzene rings is 2. The Hall–Kier alpha value is -3.19. The second kappa shape index (κ2) is 10.1. The number of carboxylic acids is 1. The van der Waals surface area contributed by atoms with Gasteiger partial charge in [-0.1, -0.05) is 24.3 Å². The smallest absolute Gasteiger partial charge is 0.305 e. The minimum absolute atomic E-state index is 0.0643. The van der Waals surface area contributed by atoms with E-state index in [1.807, 2.05) is 24.3 Å². The molecule has 7 nitrogen and oxygen atoms in total. The van der Waals surface area contributed by atoms with Crippen LogP contribution in [0.25, 0.3) is 0 Å². The quantitative estimate of drug-likeness (QED) is 0.628. The average Bonchev–Trinajstić information content (AvgIpc) is 2.62. The summed E-state index contributed by atoms with van der Waals surface area (Å²) in [5.41, 5.74) is 2.86. The third kappa shape index (κ3) is 6.91. The predicted octanol–water partition coefficient (Wildman–Crippen LogP) is 2.22. The van der Waals surface area contributed by atoms with Gasteiger partial charge in [0, 0.05) is 24.9 Å². The van der Waals surface area contributed by atoms with Gasteiger partial charge in [-0.05, 0) is 35.4 Å². The van der Waals surface area contributed by atoms with Crippen molar-refractivity contribution in [1.82, 2.24) is 5.32 Å². The molecular weight excluding hydrogens is 348 g/mol. The molecule has 0 saturated carbocycles. The van der Waals surface area contributed by atoms with Crippen LogP contribution >= 0.6 is 0 Å². The Labute approximate surface area is 157 Å². The van der Waals surface area contributed by atoms with Gasteiger partial charge < -0.3 is 20.5 Å². The highest BCUT2D eigenvalue weighted by atomic mass is 16.5. The highest BCUT2D eigenvalue weighted by Gasteiger charge is 2.08. The van der Waals surface area contributed by atoms with Crippen molar-refractivity contribution in [3.05, 3.63) is 65.2 Å². The van der Waals surface area contributed by atoms with E-state index in [0.717, 1.165) is 11.1 Å². The van der Waals surface area contributed by atoms with Crippen LogP contribution in [-0.4, -0.2) is 36.5 Å². The molecule has 0 aromatic heterocycles. The topological polar surface area (TPSA) is 105 Å². The highest BCUT2D eigenvalue weighted by molar-refractivity contribution is 5.96. The van der Waals surface area contributed by atoms with Gasteiger partial charge in [0.1, 0.15) is 0 Å². The van der Waals surface area contributed by atoms with Gasteiger partial charge in [0.05, 0.1) is 19.4 Å². The molecule has 0 aliphatic carbocycles. The second-order valence-electron chi connectivity index (χ2n) is 5.95. The lowest BCUT2D eigenvalue weighted by Gasteiger charge is -2.08. The first-order valence-electron chi connectivity index (χ1n) is 8.44. The van der Waals surface area contributed by atoms with Crippen LogP contribution in [0.3, 0.4) is 0 Å². The molecule has 0 atom stereocenters. The van der Waals surface area contributed by atoms with Crippen molar-refractivity contribution >= 4 is 23.5 Å². The molecule has 2 aromatic carbocycles. The molecule has 0 saturated heterocycles. The van der Waals surface area contributed by atoms with Gasteiger partial charge in [-0.3, -0.25) is 14.4 Å². The van der Waals surface area contributed by atoms with Crippen molar-refractivity contribution < 1.29 is 24.2 Å². The molecule has 0 radical (unpaired) electrons. The molecule has 2 rings (SSSR count). The summed E-state index contributed by atoms with van der Waals surface area (Å²) in [6.45, 7) is 0.556. The minimum Gasteiger partial charge on any atom is -0.481 e. The van der Waals surface area contributed by atoms with Gasteiger partial charge in [-0.2, -0.15) is 0 Å². The first kappa shape index (κ1) is 20.1. The van der Waals surface area contributed by atoms with Crippen LogP contribution in [-0.2, 0) is 27.4 Å². The lowest BCUT2D eigenvalue weighted by atomic mass is 10.1. The molecule has 0 fully saturated rings. The summed E-state index contributed by atoms with van der Waals surface area (Å²) in [6.07, 6.45) is 0.0977. The van der Waals surface area contributed by atoms with E-state index in [0.29, 0.717) is 17.9 Å². The van der Waals surface area contributed by atoms with E-state index < -0.39 is 5.97 Å². The predicted molar refractivity (Wildman–Crippen MR) is 101 cm³/mol. The van der Waals surface area contributed by atoms with E-state index in [9.17, 15) is 14.4 Å². The van der Waals surface area contributed by atoms with Crippen molar-refractivity contribution in [3.8, 4) is 0 Å². The number of carbonyl (C=O) groups excluding carboxylic acids is 2. The molecule has 7 heteroatoms. The van der Waals surface area contributed by atoms with Crippen LogP contribution in [0.4, 0.5) is 5.69 Å². The van der Waals surface area contributed by atoms with E-state index in [1.165, 1.54) is 0 Å². The number of ether oxygens (including phenoxy) is 1. The molecule has 0 spiro atoms. The van der Waals surface area contributed by atoms with Gasteiger partial charge in [0.2, 0.25) is 5.91 Å². The van der Waals surface area contributed by atoms with E-state index in [1.54, 1.807) is 31.4 Å². The summed E-state index contributed by atoms with van der Waals surface area (Å²) >= 11 is 0. The summed E-state index contributed by atoms with van der Waals surface area (Å²) < 4.78 is 5.09. The SMILES string of the molecule is COCc1cccc(CC(=O)Nc2ccc(C(=O)NCCC(=O)O)cc2)c1. The zero-order chi connectivity index (χ0) is 19.6. The molecule has 0 aliphatic rings. The van der Waals surface area contributed by atoms with E-state index in [-0.39, 0.29) is 31.2 Å². The Bertz CT molecular complexity index is 802. The number of methoxy groups -OCH3 is 1. The van der Waals surface area contributed by atoms with Crippen molar-refractivity contribution in [2.24, 2.45) is 0 Å². The molecule has 27 heavy (non-hydrogen) atoms. The number of hydrogen-bond donors (Lipinski definition) is 3. The maximum absolute atomic E-state index is 12.2. The van der Waals surface area contributed by atoms with Crippen LogP contribution in [0.2, 0.25) is 0 Å². The Morgan fingerprint density at radius 3 is 2.41 bits per heavy atom. The summed E-state index contributed by atoms with van der Waals surface area (Å²) in [5, 5.41) is 13.9. The van der Waals surface area contributed by atoms with E-state index >= 15 is 0 Å². The van der Waals surface area contributed by atoms with Crippen LogP contribution < -0.4 is 10.6 Å². The van der Waals surface area contributed by atoms with Crippen LogP contribution in [0.1, 0.15) is 27.9 Å². The van der Waals surface area contributed by atoms with Crippen LogP contribution in [0, 0.1) is 0 Å². The summed E-state index contributed by atoms with van der Waals surface area (Å²) in [4.78, 5) is 34.5. The first-order valence-corrected chi connectivity index (χ1v) is 8.44. The van der Waals surface area contributed by atoms with Crippen molar-refractivity contribution in [2.75, 3.05) is 19.0 Å². The zero-order valence-corrected chi connectivity index (χ0v) is 15.0. The molecule has 0 bridgehead atoms. The van der Waals surface area contributed by atoms with E-state index in [4.69, 9.17) is 9.84 Å². The molecule has 0 heterocycles. The number of anilines is 1. The highest BCUT2D eigenvalue weighted by Crippen LogP contribution is 2.12. The fraction of sp³-hybridized carbons (Fsp3) is 0.250. The van der Waals surface area contributed by atoms with Gasteiger partial charge in [-0.15, -0.1) is 0 Å². The molecule has 0 unspecified atom stereocenters. The third-order valence-electron chi connectivity index (χ3n) is 3.72. The Morgan fingerprint density at radius 2 is 1.74 bits per heavy atom. The van der Waals surface area contributed by atoms with Gasteiger partial charge in [-0.25, -0.2) is 0 Å². The molecular formula is C20H22N2O5. The Balaban J connectivity index is 1.88. The van der Waals surface area contributed by atoms with Crippen molar-refractivity contribution in [1.29, 1.82) is 0 Å². The molecule has 2 amide bonds. The van der Waals surface area contributed by atoms with Crippen LogP contribution in [0.5, 0.6) is 0 Å². The standard InChI is InChI=1S/C20H22N2O5/c1-27-13-15-4-2-3-14(11-15)12-18(23)22-17-7-5-16(6-8-17)20(26)21-10-9-19(24)25/h2-8,11H,9-10,12-13H2,1H3,(H,21,26)(H,22,23)(H,24,25). The third-order valence-corrected chi connectivity index (χ3v) is 3.72. The molecule has 142 valence electrons. The number of nitrogens with one attached hydrogen (secondary N) is 2. The zero-order valence-electron chi connectivity index (χ0n) is 15.0.